The first-order valence-corrected chi connectivity index (χ1v) is 9.54. The smallest absolute Gasteiger partial charge is 0.278 e. The molecule has 3 aromatic heterocycles. The maximum absolute atomic E-state index is 13.3. The van der Waals surface area contributed by atoms with Gasteiger partial charge in [-0.15, -0.1) is 5.10 Å². The highest BCUT2D eigenvalue weighted by atomic mass is 16.1. The van der Waals surface area contributed by atoms with Gasteiger partial charge in [0.1, 0.15) is 11.3 Å². The first kappa shape index (κ1) is 19.1. The quantitative estimate of drug-likeness (QED) is 0.690. The average Bonchev–Trinajstić information content (AvgIpc) is 2.96. The van der Waals surface area contributed by atoms with Gasteiger partial charge in [-0.2, -0.15) is 0 Å². The van der Waals surface area contributed by atoms with E-state index in [2.05, 4.69) is 24.9 Å². The Morgan fingerprint density at radius 3 is 2.37 bits per heavy atom. The van der Waals surface area contributed by atoms with E-state index < -0.39 is 0 Å². The number of hydrogen-bond donors (Lipinski definition) is 0. The Labute approximate surface area is 160 Å². The average molecular weight is 367 g/mol. The van der Waals surface area contributed by atoms with E-state index in [1.807, 2.05) is 49.5 Å². The molecule has 0 spiro atoms. The Morgan fingerprint density at radius 2 is 1.81 bits per heavy atom. The Morgan fingerprint density at radius 1 is 1.15 bits per heavy atom. The van der Waals surface area contributed by atoms with Gasteiger partial charge in [0.15, 0.2) is 5.82 Å². The Balaban J connectivity index is 2.27. The topological polar surface area (TPSA) is 55.4 Å². The number of fused-ring (bicyclic) bond motifs is 1. The van der Waals surface area contributed by atoms with E-state index in [-0.39, 0.29) is 5.56 Å². The second-order valence-electron chi connectivity index (χ2n) is 7.40. The number of anilines is 1. The van der Waals surface area contributed by atoms with Crippen LogP contribution in [0, 0.1) is 13.8 Å². The molecule has 0 N–H and O–H groups in total. The van der Waals surface area contributed by atoms with E-state index in [9.17, 15) is 4.79 Å². The molecule has 3 aromatic rings. The van der Waals surface area contributed by atoms with Crippen LogP contribution in [-0.2, 0) is 7.05 Å². The van der Waals surface area contributed by atoms with Crippen molar-refractivity contribution < 1.29 is 0 Å². The number of nitrogens with zero attached hydrogens (tertiary/aromatic N) is 5. The molecule has 0 atom stereocenters. The standard InChI is InChI=1S/C21H29N5O/c1-8-15(9-2)17-12-13(3)26-19(17)21(27)25(7)20(23-26)16-10-11-18(24(5)6)22-14(16)4/h10-12,15H,8-9H2,1-7H3. The summed E-state index contributed by atoms with van der Waals surface area (Å²) in [6.45, 7) is 8.30. The highest BCUT2D eigenvalue weighted by Crippen LogP contribution is 2.29. The molecule has 0 unspecified atom stereocenters. The first-order chi connectivity index (χ1) is 12.8. The lowest BCUT2D eigenvalue weighted by Gasteiger charge is -2.16. The molecule has 0 bridgehead atoms. The molecule has 0 fully saturated rings. The Kier molecular flexibility index (Phi) is 5.09. The molecule has 0 radical (unpaired) electrons. The zero-order chi connectivity index (χ0) is 19.9. The van der Waals surface area contributed by atoms with Crippen LogP contribution in [0.4, 0.5) is 5.82 Å². The lowest BCUT2D eigenvalue weighted by Crippen LogP contribution is -2.24. The molecule has 0 saturated heterocycles. The van der Waals surface area contributed by atoms with Crippen LogP contribution in [0.15, 0.2) is 23.0 Å². The van der Waals surface area contributed by atoms with Crippen molar-refractivity contribution in [3.05, 3.63) is 45.5 Å². The summed E-state index contributed by atoms with van der Waals surface area (Å²) in [7, 11) is 5.72. The van der Waals surface area contributed by atoms with Crippen molar-refractivity contribution in [3.63, 3.8) is 0 Å². The van der Waals surface area contributed by atoms with Crippen molar-refractivity contribution in [2.24, 2.45) is 7.05 Å². The number of pyridine rings is 1. The molecule has 0 aliphatic heterocycles. The van der Waals surface area contributed by atoms with E-state index in [1.54, 1.807) is 11.6 Å². The third-order valence-electron chi connectivity index (χ3n) is 5.40. The second kappa shape index (κ2) is 7.18. The number of aromatic nitrogens is 4. The fourth-order valence-corrected chi connectivity index (χ4v) is 3.72. The molecule has 6 heteroatoms. The molecule has 3 rings (SSSR count). The predicted molar refractivity (Wildman–Crippen MR) is 111 cm³/mol. The van der Waals surface area contributed by atoms with Crippen LogP contribution in [0.2, 0.25) is 0 Å². The van der Waals surface area contributed by atoms with Gasteiger partial charge in [0.2, 0.25) is 0 Å². The molecule has 3 heterocycles. The largest absolute Gasteiger partial charge is 0.363 e. The minimum atomic E-state index is -0.00825. The summed E-state index contributed by atoms with van der Waals surface area (Å²) in [5.41, 5.74) is 4.51. The number of hydrogen-bond acceptors (Lipinski definition) is 4. The van der Waals surface area contributed by atoms with Crippen LogP contribution in [0.1, 0.15) is 49.6 Å². The third kappa shape index (κ3) is 3.13. The molecule has 144 valence electrons. The van der Waals surface area contributed by atoms with Gasteiger partial charge in [-0.3, -0.25) is 9.36 Å². The van der Waals surface area contributed by atoms with E-state index in [0.29, 0.717) is 17.3 Å². The van der Waals surface area contributed by atoms with Gasteiger partial charge in [-0.1, -0.05) is 13.8 Å². The number of rotatable bonds is 5. The first-order valence-electron chi connectivity index (χ1n) is 9.54. The van der Waals surface area contributed by atoms with Crippen LogP contribution in [-0.4, -0.2) is 33.3 Å². The van der Waals surface area contributed by atoms with Crippen LogP contribution in [0.5, 0.6) is 0 Å². The SMILES string of the molecule is CCC(CC)c1cc(C)n2nc(-c3ccc(N(C)C)nc3C)n(C)c(=O)c12. The summed E-state index contributed by atoms with van der Waals surface area (Å²) in [6, 6.07) is 6.06. The van der Waals surface area contributed by atoms with Crippen LogP contribution < -0.4 is 10.5 Å². The molecule has 0 aliphatic rings. The molecule has 0 aromatic carbocycles. The Hall–Kier alpha value is -2.63. The van der Waals surface area contributed by atoms with E-state index in [4.69, 9.17) is 5.10 Å². The van der Waals surface area contributed by atoms with Gasteiger partial charge < -0.3 is 4.90 Å². The van der Waals surface area contributed by atoms with E-state index in [1.165, 1.54) is 0 Å². The molecular formula is C21H29N5O. The minimum absolute atomic E-state index is 0.00825. The zero-order valence-corrected chi connectivity index (χ0v) is 17.4. The summed E-state index contributed by atoms with van der Waals surface area (Å²) in [4.78, 5) is 19.9. The number of aryl methyl sites for hydroxylation is 2. The van der Waals surface area contributed by atoms with Crippen molar-refractivity contribution in [2.45, 2.75) is 46.5 Å². The minimum Gasteiger partial charge on any atom is -0.363 e. The fraction of sp³-hybridized carbons (Fsp3) is 0.476. The summed E-state index contributed by atoms with van der Waals surface area (Å²) in [6.07, 6.45) is 2.02. The van der Waals surface area contributed by atoms with Gasteiger partial charge in [0.05, 0.1) is 5.69 Å². The molecule has 0 saturated carbocycles. The molecule has 27 heavy (non-hydrogen) atoms. The monoisotopic (exact) mass is 367 g/mol. The van der Waals surface area contributed by atoms with Crippen molar-refractivity contribution >= 4 is 11.3 Å². The van der Waals surface area contributed by atoms with Gasteiger partial charge >= 0.3 is 0 Å². The molecule has 6 nitrogen and oxygen atoms in total. The normalized spacial score (nSPS) is 11.6. The lowest BCUT2D eigenvalue weighted by atomic mass is 9.95. The van der Waals surface area contributed by atoms with Gasteiger partial charge in [-0.25, -0.2) is 9.50 Å². The van der Waals surface area contributed by atoms with Crippen molar-refractivity contribution in [3.8, 4) is 11.4 Å². The van der Waals surface area contributed by atoms with Crippen molar-refractivity contribution in [2.75, 3.05) is 19.0 Å². The van der Waals surface area contributed by atoms with E-state index >= 15 is 0 Å². The summed E-state index contributed by atoms with van der Waals surface area (Å²) in [5, 5.41) is 4.84. The van der Waals surface area contributed by atoms with Crippen LogP contribution in [0.3, 0.4) is 0 Å². The third-order valence-corrected chi connectivity index (χ3v) is 5.40. The highest BCUT2D eigenvalue weighted by Gasteiger charge is 2.21. The van der Waals surface area contributed by atoms with Crippen LogP contribution >= 0.6 is 0 Å². The summed E-state index contributed by atoms with van der Waals surface area (Å²) < 4.78 is 3.46. The van der Waals surface area contributed by atoms with Crippen molar-refractivity contribution in [1.29, 1.82) is 0 Å². The van der Waals surface area contributed by atoms with Gasteiger partial charge in [0, 0.05) is 32.4 Å². The molecular weight excluding hydrogens is 338 g/mol. The van der Waals surface area contributed by atoms with Crippen molar-refractivity contribution in [1.82, 2.24) is 19.2 Å². The summed E-state index contributed by atoms with van der Waals surface area (Å²) in [5.74, 6) is 1.89. The second-order valence-corrected chi connectivity index (χ2v) is 7.40. The van der Waals surface area contributed by atoms with Gasteiger partial charge in [-0.05, 0) is 56.4 Å². The van der Waals surface area contributed by atoms with Gasteiger partial charge in [0.25, 0.3) is 5.56 Å². The summed E-state index contributed by atoms with van der Waals surface area (Å²) >= 11 is 0. The predicted octanol–water partition coefficient (Wildman–Crippen LogP) is 3.68. The molecule has 0 aliphatic carbocycles. The fourth-order valence-electron chi connectivity index (χ4n) is 3.72. The zero-order valence-electron chi connectivity index (χ0n) is 17.4. The van der Waals surface area contributed by atoms with E-state index in [0.717, 1.165) is 41.2 Å². The molecule has 0 amide bonds. The van der Waals surface area contributed by atoms with Crippen LogP contribution in [0.25, 0.3) is 16.9 Å². The maximum Gasteiger partial charge on any atom is 0.278 e. The maximum atomic E-state index is 13.3. The highest BCUT2D eigenvalue weighted by molar-refractivity contribution is 5.64. The Bertz CT molecular complexity index is 1040. The lowest BCUT2D eigenvalue weighted by molar-refractivity contribution is 0.644.